The molecule has 0 radical (unpaired) electrons. The first-order chi connectivity index (χ1) is 14.4. The summed E-state index contributed by atoms with van der Waals surface area (Å²) in [5.41, 5.74) is 7.14. The van der Waals surface area contributed by atoms with E-state index in [4.69, 9.17) is 21.7 Å². The number of rotatable bonds is 8. The summed E-state index contributed by atoms with van der Waals surface area (Å²) in [7, 11) is 0. The number of amides is 2. The lowest BCUT2D eigenvalue weighted by atomic mass is 10.2. The zero-order valence-corrected chi connectivity index (χ0v) is 19.2. The first-order valence-corrected chi connectivity index (χ1v) is 10.6. The van der Waals surface area contributed by atoms with Crippen LogP contribution in [0.25, 0.3) is 0 Å². The van der Waals surface area contributed by atoms with Crippen LogP contribution in [-0.2, 0) is 22.4 Å². The molecule has 0 aromatic heterocycles. The Balaban J connectivity index is 1.66. The van der Waals surface area contributed by atoms with E-state index in [-0.39, 0.29) is 18.3 Å². The third-order valence-corrected chi connectivity index (χ3v) is 4.86. The predicted octanol–water partition coefficient (Wildman–Crippen LogP) is 3.05. The molecule has 0 aliphatic carbocycles. The summed E-state index contributed by atoms with van der Waals surface area (Å²) < 4.78 is 11.6. The number of nitrogens with one attached hydrogen (secondary N) is 3. The minimum Gasteiger partial charge on any atom is -0.484 e. The molecule has 7 nitrogen and oxygen atoms in total. The molecule has 0 aliphatic rings. The normalized spacial score (nSPS) is 10.1. The maximum absolute atomic E-state index is 12.0. The zero-order valence-electron chi connectivity index (χ0n) is 16.8. The van der Waals surface area contributed by atoms with E-state index in [2.05, 4.69) is 45.9 Å². The second kappa shape index (κ2) is 12.1. The van der Waals surface area contributed by atoms with E-state index >= 15 is 0 Å². The van der Waals surface area contributed by atoms with Gasteiger partial charge in [0.25, 0.3) is 11.8 Å². The van der Waals surface area contributed by atoms with E-state index in [0.717, 1.165) is 22.9 Å². The molecule has 30 heavy (non-hydrogen) atoms. The van der Waals surface area contributed by atoms with Gasteiger partial charge in [-0.3, -0.25) is 25.8 Å². The number of hydrazine groups is 1. The standard InChI is InChI=1S/C21H24BrN3O4S/c1-3-14-5-8-16(9-6-14)28-13-20(27)24-25-21(30)23-19(26)12-29-18-10-7-15(4-2)11-17(18)22/h5-11H,3-4,12-13H2,1-2H3,(H,24,27)(H2,23,25,26,30). The fraction of sp³-hybridized carbons (Fsp3) is 0.286. The molecule has 0 saturated carbocycles. The highest BCUT2D eigenvalue weighted by Crippen LogP contribution is 2.26. The Kier molecular flexibility index (Phi) is 9.56. The van der Waals surface area contributed by atoms with Crippen molar-refractivity contribution >= 4 is 45.1 Å². The molecule has 0 unspecified atom stereocenters. The van der Waals surface area contributed by atoms with Crippen molar-refractivity contribution in [1.82, 2.24) is 16.2 Å². The van der Waals surface area contributed by atoms with Crippen LogP contribution in [0.2, 0.25) is 0 Å². The molecular weight excluding hydrogens is 470 g/mol. The van der Waals surface area contributed by atoms with Crippen LogP contribution in [0.3, 0.4) is 0 Å². The lowest BCUT2D eigenvalue weighted by Crippen LogP contribution is -2.50. The van der Waals surface area contributed by atoms with E-state index in [1.165, 1.54) is 5.56 Å². The molecule has 2 aromatic carbocycles. The summed E-state index contributed by atoms with van der Waals surface area (Å²) in [6.45, 7) is 3.69. The second-order valence-corrected chi connectivity index (χ2v) is 7.51. The molecule has 3 N–H and O–H groups in total. The van der Waals surface area contributed by atoms with Crippen molar-refractivity contribution in [2.24, 2.45) is 0 Å². The molecule has 0 aliphatic heterocycles. The molecule has 2 aromatic rings. The Morgan fingerprint density at radius 1 is 0.900 bits per heavy atom. The highest BCUT2D eigenvalue weighted by Gasteiger charge is 2.09. The summed E-state index contributed by atoms with van der Waals surface area (Å²) in [5, 5.41) is 2.37. The second-order valence-electron chi connectivity index (χ2n) is 6.24. The number of hydrogen-bond acceptors (Lipinski definition) is 5. The highest BCUT2D eigenvalue weighted by atomic mass is 79.9. The summed E-state index contributed by atoms with van der Waals surface area (Å²) in [6.07, 6.45) is 1.84. The number of thiocarbonyl (C=S) groups is 1. The number of ether oxygens (including phenoxy) is 2. The van der Waals surface area contributed by atoms with Crippen LogP contribution >= 0.6 is 28.1 Å². The van der Waals surface area contributed by atoms with Gasteiger partial charge in [0.15, 0.2) is 18.3 Å². The number of halogens is 1. The molecule has 0 saturated heterocycles. The van der Waals surface area contributed by atoms with E-state index < -0.39 is 11.8 Å². The predicted molar refractivity (Wildman–Crippen MR) is 122 cm³/mol. The minimum atomic E-state index is -0.458. The smallest absolute Gasteiger partial charge is 0.276 e. The van der Waals surface area contributed by atoms with Gasteiger partial charge in [-0.25, -0.2) is 0 Å². The van der Waals surface area contributed by atoms with Gasteiger partial charge in [-0.15, -0.1) is 0 Å². The van der Waals surface area contributed by atoms with E-state index in [1.54, 1.807) is 18.2 Å². The Labute approximate surface area is 189 Å². The van der Waals surface area contributed by atoms with Gasteiger partial charge in [-0.05, 0) is 76.4 Å². The van der Waals surface area contributed by atoms with Gasteiger partial charge in [0, 0.05) is 0 Å². The van der Waals surface area contributed by atoms with Crippen molar-refractivity contribution in [3.05, 3.63) is 58.1 Å². The number of aryl methyl sites for hydroxylation is 2. The Morgan fingerprint density at radius 2 is 1.53 bits per heavy atom. The maximum Gasteiger partial charge on any atom is 0.276 e. The average Bonchev–Trinajstić information content (AvgIpc) is 2.75. The lowest BCUT2D eigenvalue weighted by Gasteiger charge is -2.12. The number of carbonyl (C=O) groups is 2. The van der Waals surface area contributed by atoms with Crippen LogP contribution in [0.15, 0.2) is 46.9 Å². The van der Waals surface area contributed by atoms with E-state index in [0.29, 0.717) is 11.5 Å². The number of carbonyl (C=O) groups excluding carboxylic acids is 2. The monoisotopic (exact) mass is 493 g/mol. The van der Waals surface area contributed by atoms with Crippen LogP contribution in [0.1, 0.15) is 25.0 Å². The molecular formula is C21H24BrN3O4S. The molecule has 0 spiro atoms. The summed E-state index contributed by atoms with van der Waals surface area (Å²) in [6, 6.07) is 13.2. The molecule has 2 amide bonds. The largest absolute Gasteiger partial charge is 0.484 e. The van der Waals surface area contributed by atoms with Gasteiger partial charge < -0.3 is 9.47 Å². The van der Waals surface area contributed by atoms with Crippen LogP contribution < -0.4 is 25.6 Å². The molecule has 0 atom stereocenters. The maximum atomic E-state index is 12.0. The molecule has 9 heteroatoms. The van der Waals surface area contributed by atoms with Gasteiger partial charge in [0.05, 0.1) is 4.47 Å². The molecule has 2 rings (SSSR count). The van der Waals surface area contributed by atoms with Gasteiger partial charge >= 0.3 is 0 Å². The molecule has 0 fully saturated rings. The van der Waals surface area contributed by atoms with Gasteiger partial charge in [-0.1, -0.05) is 32.0 Å². The molecule has 160 valence electrons. The number of hydrogen-bond donors (Lipinski definition) is 3. The van der Waals surface area contributed by atoms with Gasteiger partial charge in [0.1, 0.15) is 11.5 Å². The summed E-state index contributed by atoms with van der Waals surface area (Å²) in [4.78, 5) is 23.8. The fourth-order valence-corrected chi connectivity index (χ4v) is 3.06. The average molecular weight is 494 g/mol. The first-order valence-electron chi connectivity index (χ1n) is 9.42. The summed E-state index contributed by atoms with van der Waals surface area (Å²) in [5.74, 6) is 0.245. The van der Waals surface area contributed by atoms with E-state index in [1.807, 2.05) is 24.3 Å². The van der Waals surface area contributed by atoms with Crippen molar-refractivity contribution < 1.29 is 19.1 Å². The van der Waals surface area contributed by atoms with Crippen LogP contribution in [0.4, 0.5) is 0 Å². The molecule has 0 heterocycles. The Bertz CT molecular complexity index is 890. The first kappa shape index (κ1) is 23.6. The van der Waals surface area contributed by atoms with E-state index in [9.17, 15) is 9.59 Å². The van der Waals surface area contributed by atoms with Crippen molar-refractivity contribution in [2.45, 2.75) is 26.7 Å². The quantitative estimate of drug-likeness (QED) is 0.386. The Morgan fingerprint density at radius 3 is 2.17 bits per heavy atom. The third kappa shape index (κ3) is 8.00. The fourth-order valence-electron chi connectivity index (χ4n) is 2.35. The minimum absolute atomic E-state index is 0.0513. The lowest BCUT2D eigenvalue weighted by molar-refractivity contribution is -0.124. The SMILES string of the molecule is CCc1ccc(OCC(=O)NNC(=S)NC(=O)COc2ccc(CC)cc2Br)cc1. The van der Waals surface area contributed by atoms with Crippen LogP contribution in [0, 0.1) is 0 Å². The summed E-state index contributed by atoms with van der Waals surface area (Å²) >= 11 is 8.39. The zero-order chi connectivity index (χ0) is 21.9. The number of benzene rings is 2. The van der Waals surface area contributed by atoms with Crippen LogP contribution in [0.5, 0.6) is 11.5 Å². The molecule has 0 bridgehead atoms. The Hall–Kier alpha value is -2.65. The third-order valence-electron chi connectivity index (χ3n) is 4.03. The van der Waals surface area contributed by atoms with Gasteiger partial charge in [-0.2, -0.15) is 0 Å². The van der Waals surface area contributed by atoms with Crippen molar-refractivity contribution in [3.8, 4) is 11.5 Å². The van der Waals surface area contributed by atoms with Crippen molar-refractivity contribution in [1.29, 1.82) is 0 Å². The van der Waals surface area contributed by atoms with Gasteiger partial charge in [0.2, 0.25) is 0 Å². The highest BCUT2D eigenvalue weighted by molar-refractivity contribution is 9.10. The van der Waals surface area contributed by atoms with Crippen molar-refractivity contribution in [3.63, 3.8) is 0 Å². The topological polar surface area (TPSA) is 88.7 Å². The van der Waals surface area contributed by atoms with Crippen molar-refractivity contribution in [2.75, 3.05) is 13.2 Å². The van der Waals surface area contributed by atoms with Crippen LogP contribution in [-0.4, -0.2) is 30.1 Å².